The van der Waals surface area contributed by atoms with Crippen molar-refractivity contribution in [2.45, 2.75) is 57.2 Å². The van der Waals surface area contributed by atoms with Crippen LogP contribution in [-0.2, 0) is 14.0 Å². The van der Waals surface area contributed by atoms with E-state index in [9.17, 15) is 4.79 Å². The van der Waals surface area contributed by atoms with E-state index in [0.29, 0.717) is 11.0 Å². The first-order chi connectivity index (χ1) is 12.9. The van der Waals surface area contributed by atoms with E-state index in [2.05, 4.69) is 49.8 Å². The Morgan fingerprint density at radius 3 is 2.79 bits per heavy atom. The maximum atomic E-state index is 12.8. The summed E-state index contributed by atoms with van der Waals surface area (Å²) >= 11 is 5.94. The maximum absolute atomic E-state index is 12.8. The lowest BCUT2D eigenvalue weighted by atomic mass is 10.0. The largest absolute Gasteiger partial charge is 0.412 e. The van der Waals surface area contributed by atoms with Crippen molar-refractivity contribution >= 4 is 42.6 Å². The van der Waals surface area contributed by atoms with Crippen molar-refractivity contribution in [2.75, 3.05) is 12.3 Å². The Morgan fingerprint density at radius 1 is 1.50 bits per heavy atom. The van der Waals surface area contributed by atoms with Crippen molar-refractivity contribution in [3.8, 4) is 12.3 Å². The average molecular weight is 421 g/mol. The van der Waals surface area contributed by atoms with Crippen LogP contribution in [0, 0.1) is 12.3 Å². The monoisotopic (exact) mass is 420 g/mol. The fourth-order valence-corrected chi connectivity index (χ4v) is 4.02. The van der Waals surface area contributed by atoms with Gasteiger partial charge in [-0.1, -0.05) is 26.7 Å². The number of fused-ring (bicyclic) bond motifs is 1. The summed E-state index contributed by atoms with van der Waals surface area (Å²) < 4.78 is 14.0. The Hall–Kier alpha value is -1.92. The van der Waals surface area contributed by atoms with Crippen LogP contribution in [0.4, 0.5) is 5.82 Å². The van der Waals surface area contributed by atoms with Crippen molar-refractivity contribution in [3.05, 3.63) is 17.5 Å². The molecule has 3 rings (SSSR count). The Morgan fingerprint density at radius 2 is 2.18 bits per heavy atom. The molecule has 2 atom stereocenters. The lowest BCUT2D eigenvalue weighted by molar-refractivity contribution is -0.131. The van der Waals surface area contributed by atoms with Gasteiger partial charge in [0.2, 0.25) is 10.9 Å². The van der Waals surface area contributed by atoms with Gasteiger partial charge in [0.15, 0.2) is 14.1 Å². The normalized spacial score (nSPS) is 23.3. The SMILES string of the molecule is C#C[C@]1(CO[Si](C)(C)C(C)(C)C)O[C@@H](n2ccc3c(N)nc(Cl)nc32)CC1=O. The van der Waals surface area contributed by atoms with Crippen molar-refractivity contribution < 1.29 is 14.0 Å². The highest BCUT2D eigenvalue weighted by molar-refractivity contribution is 6.74. The van der Waals surface area contributed by atoms with Crippen LogP contribution in [-0.4, -0.2) is 40.8 Å². The number of Topliss-reactive ketones (excluding diaryl/α,β-unsaturated/α-hetero) is 1. The summed E-state index contributed by atoms with van der Waals surface area (Å²) in [5, 5.41) is 0.654. The van der Waals surface area contributed by atoms with Crippen LogP contribution in [0.2, 0.25) is 23.4 Å². The predicted molar refractivity (Wildman–Crippen MR) is 111 cm³/mol. The summed E-state index contributed by atoms with van der Waals surface area (Å²) in [6.07, 6.45) is 6.97. The minimum Gasteiger partial charge on any atom is -0.412 e. The highest BCUT2D eigenvalue weighted by Crippen LogP contribution is 2.40. The third-order valence-electron chi connectivity index (χ3n) is 5.71. The lowest BCUT2D eigenvalue weighted by Gasteiger charge is -2.38. The van der Waals surface area contributed by atoms with Gasteiger partial charge in [-0.2, -0.15) is 4.98 Å². The van der Waals surface area contributed by atoms with Gasteiger partial charge in [-0.15, -0.1) is 6.42 Å². The minimum absolute atomic E-state index is 0.00827. The van der Waals surface area contributed by atoms with E-state index in [-0.39, 0.29) is 35.0 Å². The molecule has 0 bridgehead atoms. The number of halogens is 1. The Balaban J connectivity index is 1.89. The minimum atomic E-state index is -2.10. The molecular weight excluding hydrogens is 396 g/mol. The van der Waals surface area contributed by atoms with Gasteiger partial charge in [0.1, 0.15) is 17.7 Å². The van der Waals surface area contributed by atoms with Crippen LogP contribution in [0.25, 0.3) is 11.0 Å². The van der Waals surface area contributed by atoms with Gasteiger partial charge in [-0.3, -0.25) is 4.79 Å². The topological polar surface area (TPSA) is 92.3 Å². The van der Waals surface area contributed by atoms with Crippen LogP contribution >= 0.6 is 11.6 Å². The van der Waals surface area contributed by atoms with Crippen LogP contribution in [0.15, 0.2) is 12.3 Å². The molecule has 1 aliphatic rings. The van der Waals surface area contributed by atoms with Crippen LogP contribution in [0.1, 0.15) is 33.4 Å². The number of aromatic nitrogens is 3. The zero-order valence-electron chi connectivity index (χ0n) is 16.7. The number of carbonyl (C=O) groups is 1. The molecule has 1 fully saturated rings. The number of carbonyl (C=O) groups excluding carboxylic acids is 1. The smallest absolute Gasteiger partial charge is 0.226 e. The van der Waals surface area contributed by atoms with Gasteiger partial charge in [0.25, 0.3) is 0 Å². The van der Waals surface area contributed by atoms with E-state index >= 15 is 0 Å². The summed E-state index contributed by atoms with van der Waals surface area (Å²) in [6, 6.07) is 1.76. The molecule has 0 aliphatic carbocycles. The van der Waals surface area contributed by atoms with Crippen molar-refractivity contribution in [1.82, 2.24) is 14.5 Å². The predicted octanol–water partition coefficient (Wildman–Crippen LogP) is 3.55. The summed E-state index contributed by atoms with van der Waals surface area (Å²) in [5.41, 5.74) is 4.98. The number of ketones is 1. The molecule has 28 heavy (non-hydrogen) atoms. The molecule has 2 aromatic rings. The molecule has 9 heteroatoms. The zero-order chi connectivity index (χ0) is 20.9. The molecule has 7 nitrogen and oxygen atoms in total. The van der Waals surface area contributed by atoms with E-state index in [1.54, 1.807) is 16.8 Å². The number of hydrogen-bond donors (Lipinski definition) is 1. The number of nitrogens with two attached hydrogens (primary N) is 1. The highest BCUT2D eigenvalue weighted by Gasteiger charge is 2.50. The van der Waals surface area contributed by atoms with E-state index in [1.165, 1.54) is 0 Å². The molecule has 3 heterocycles. The first-order valence-corrected chi connectivity index (χ1v) is 12.3. The number of nitrogen functional groups attached to an aromatic ring is 1. The van der Waals surface area contributed by atoms with Gasteiger partial charge < -0.3 is 19.5 Å². The number of hydrogen-bond acceptors (Lipinski definition) is 6. The Bertz CT molecular complexity index is 976. The van der Waals surface area contributed by atoms with E-state index in [1.807, 2.05) is 0 Å². The number of rotatable bonds is 4. The number of anilines is 1. The van der Waals surface area contributed by atoms with E-state index in [0.717, 1.165) is 0 Å². The van der Waals surface area contributed by atoms with Gasteiger partial charge in [-0.25, -0.2) is 4.98 Å². The van der Waals surface area contributed by atoms with Gasteiger partial charge in [0, 0.05) is 6.20 Å². The molecule has 1 saturated heterocycles. The summed E-state index contributed by atoms with van der Waals surface area (Å²) in [4.78, 5) is 21.0. The fourth-order valence-electron chi connectivity index (χ4n) is 2.85. The fraction of sp³-hybridized carbons (Fsp3) is 0.526. The van der Waals surface area contributed by atoms with E-state index < -0.39 is 20.1 Å². The third-order valence-corrected chi connectivity index (χ3v) is 10.4. The van der Waals surface area contributed by atoms with Crippen LogP contribution in [0.3, 0.4) is 0 Å². The molecular formula is C19H25ClN4O3Si. The van der Waals surface area contributed by atoms with Crippen molar-refractivity contribution in [1.29, 1.82) is 0 Å². The van der Waals surface area contributed by atoms with Gasteiger partial charge in [0.05, 0.1) is 18.4 Å². The zero-order valence-corrected chi connectivity index (χ0v) is 18.5. The Labute approximate surface area is 170 Å². The number of nitrogens with zero attached hydrogens (tertiary/aromatic N) is 3. The van der Waals surface area contributed by atoms with Crippen LogP contribution in [0.5, 0.6) is 0 Å². The number of ether oxygens (including phenoxy) is 1. The quantitative estimate of drug-likeness (QED) is 0.462. The molecule has 0 radical (unpaired) electrons. The van der Waals surface area contributed by atoms with Gasteiger partial charge >= 0.3 is 0 Å². The molecule has 2 aromatic heterocycles. The molecule has 0 unspecified atom stereocenters. The molecule has 0 saturated carbocycles. The second-order valence-corrected chi connectivity index (χ2v) is 13.7. The Kier molecular flexibility index (Phi) is 5.09. The lowest BCUT2D eigenvalue weighted by Crippen LogP contribution is -2.48. The molecule has 0 spiro atoms. The van der Waals surface area contributed by atoms with Gasteiger partial charge in [-0.05, 0) is 35.8 Å². The first-order valence-electron chi connectivity index (χ1n) is 9.02. The summed E-state index contributed by atoms with van der Waals surface area (Å²) in [5.74, 6) is 2.62. The molecule has 0 amide bonds. The maximum Gasteiger partial charge on any atom is 0.226 e. The molecule has 0 aromatic carbocycles. The third kappa shape index (κ3) is 3.44. The second kappa shape index (κ2) is 6.85. The standard InChI is InChI=1S/C19H25ClN4O3Si/c1-7-19(11-26-28(5,6)18(2,3)4)13(25)10-14(27-19)24-9-8-12-15(21)22-17(20)23-16(12)24/h1,8-9,14H,10-11H2,2-6H3,(H2,21,22,23)/t14-,19-/m1/s1. The molecule has 1 aliphatic heterocycles. The van der Waals surface area contributed by atoms with Crippen molar-refractivity contribution in [3.63, 3.8) is 0 Å². The molecule has 2 N–H and O–H groups in total. The highest BCUT2D eigenvalue weighted by atomic mass is 35.5. The van der Waals surface area contributed by atoms with Crippen molar-refractivity contribution in [2.24, 2.45) is 0 Å². The second-order valence-electron chi connectivity index (χ2n) is 8.56. The van der Waals surface area contributed by atoms with Crippen LogP contribution < -0.4 is 5.73 Å². The van der Waals surface area contributed by atoms with E-state index in [4.69, 9.17) is 32.9 Å². The summed E-state index contributed by atoms with van der Waals surface area (Å²) in [7, 11) is -2.10. The summed E-state index contributed by atoms with van der Waals surface area (Å²) in [6.45, 7) is 10.6. The average Bonchev–Trinajstić information content (AvgIpc) is 3.14. The molecule has 150 valence electrons. The first kappa shape index (κ1) is 20.8. The number of terminal acetylenes is 1.